The van der Waals surface area contributed by atoms with Gasteiger partial charge < -0.3 is 34.7 Å². The molecular weight excluding hydrogens is 590 g/mol. The number of likely N-dealkylation sites (tertiary alicyclic amines) is 1. The molecule has 5 aromatic rings. The molecule has 47 heavy (non-hydrogen) atoms. The molecule has 3 aromatic carbocycles. The van der Waals surface area contributed by atoms with Crippen LogP contribution in [0.25, 0.3) is 44.6 Å². The van der Waals surface area contributed by atoms with Gasteiger partial charge in [-0.15, -0.1) is 0 Å². The number of urea groups is 1. The molecule has 2 bridgehead atoms. The van der Waals surface area contributed by atoms with E-state index in [1.54, 1.807) is 12.0 Å². The van der Waals surface area contributed by atoms with Gasteiger partial charge in [0.15, 0.2) is 5.82 Å². The fourth-order valence-electron chi connectivity index (χ4n) is 8.21. The Morgan fingerprint density at radius 2 is 1.83 bits per heavy atom. The van der Waals surface area contributed by atoms with Crippen molar-refractivity contribution < 1.29 is 14.3 Å². The molecule has 9 rings (SSSR count). The van der Waals surface area contributed by atoms with Gasteiger partial charge in [0, 0.05) is 68.0 Å². The molecule has 10 nitrogen and oxygen atoms in total. The molecule has 2 aliphatic heterocycles. The van der Waals surface area contributed by atoms with Gasteiger partial charge in [0.1, 0.15) is 11.3 Å². The first-order valence-electron chi connectivity index (χ1n) is 16.7. The summed E-state index contributed by atoms with van der Waals surface area (Å²) >= 11 is 0. The van der Waals surface area contributed by atoms with Crippen LogP contribution in [0.3, 0.4) is 0 Å². The average molecular weight is 630 g/mol. The lowest BCUT2D eigenvalue weighted by atomic mass is 10.00. The second-order valence-electron chi connectivity index (χ2n) is 14.0. The van der Waals surface area contributed by atoms with E-state index in [0.29, 0.717) is 29.7 Å². The number of benzene rings is 3. The van der Waals surface area contributed by atoms with Crippen molar-refractivity contribution in [3.63, 3.8) is 0 Å². The summed E-state index contributed by atoms with van der Waals surface area (Å²) in [6.45, 7) is 2.22. The van der Waals surface area contributed by atoms with Crippen LogP contribution in [0.4, 0.5) is 10.5 Å². The van der Waals surface area contributed by atoms with Crippen molar-refractivity contribution in [2.24, 2.45) is 24.6 Å². The number of imidazole rings is 1. The molecule has 3 amide bonds. The Morgan fingerprint density at radius 1 is 1.02 bits per heavy atom. The summed E-state index contributed by atoms with van der Waals surface area (Å²) in [6.07, 6.45) is 4.53. The Hall–Kier alpha value is -4.83. The topological polar surface area (TPSA) is 111 Å². The largest absolute Gasteiger partial charge is 0.494 e. The van der Waals surface area contributed by atoms with Gasteiger partial charge in [0.25, 0.3) is 5.91 Å². The van der Waals surface area contributed by atoms with Gasteiger partial charge in [-0.2, -0.15) is 0 Å². The highest BCUT2D eigenvalue weighted by molar-refractivity contribution is 6.01. The maximum absolute atomic E-state index is 13.8. The first-order valence-corrected chi connectivity index (χ1v) is 16.7. The molecule has 2 aromatic heterocycles. The van der Waals surface area contributed by atoms with E-state index in [9.17, 15) is 9.59 Å². The van der Waals surface area contributed by atoms with Crippen LogP contribution in [0.1, 0.15) is 41.6 Å². The minimum atomic E-state index is -0.0809. The van der Waals surface area contributed by atoms with Gasteiger partial charge in [-0.3, -0.25) is 4.79 Å². The molecule has 10 heteroatoms. The summed E-state index contributed by atoms with van der Waals surface area (Å²) in [6, 6.07) is 19.0. The zero-order valence-electron chi connectivity index (χ0n) is 27.0. The number of nitrogens with one attached hydrogen (secondary N) is 1. The number of piperidine rings is 1. The normalized spacial score (nSPS) is 22.0. The standard InChI is InChI=1S/C37H39N7O3/c1-41-18-26-12-21(8-10-27(26)40-37(41)46)22-6-7-23-15-31(43(30(23)14-22)17-20-4-5-20)35-39-28-13-25(16-32(47-3)34(28)42(35)2)36(45)44-19-24-9-11-29(44)33(24)38/h6-8,10,12-16,20,24,29,33H,4-5,9,11,17-19,38H2,1-3H3,(H,40,46)/t24?,29?,33-/m1/s1. The third kappa shape index (κ3) is 4.45. The van der Waals surface area contributed by atoms with Gasteiger partial charge in [0.05, 0.1) is 18.3 Å². The number of nitrogens with zero attached hydrogens (tertiary/aromatic N) is 5. The van der Waals surface area contributed by atoms with E-state index in [0.717, 1.165) is 76.2 Å². The molecule has 2 unspecified atom stereocenters. The van der Waals surface area contributed by atoms with Gasteiger partial charge in [-0.05, 0) is 90.6 Å². The number of methoxy groups -OCH3 is 1. The zero-order valence-corrected chi connectivity index (χ0v) is 27.0. The van der Waals surface area contributed by atoms with Crippen molar-refractivity contribution in [3.05, 3.63) is 65.7 Å². The second kappa shape index (κ2) is 10.3. The number of carbonyl (C=O) groups is 2. The van der Waals surface area contributed by atoms with Crippen molar-refractivity contribution in [2.45, 2.75) is 50.9 Å². The maximum atomic E-state index is 13.8. The second-order valence-corrected chi connectivity index (χ2v) is 14.0. The minimum Gasteiger partial charge on any atom is -0.494 e. The number of rotatable bonds is 6. The Bertz CT molecular complexity index is 2130. The van der Waals surface area contributed by atoms with Crippen molar-refractivity contribution in [1.82, 2.24) is 23.9 Å². The number of amides is 3. The number of nitrogens with two attached hydrogens (primary N) is 1. The van der Waals surface area contributed by atoms with E-state index >= 15 is 0 Å². The Balaban J connectivity index is 1.13. The molecule has 1 saturated heterocycles. The third-order valence-corrected chi connectivity index (χ3v) is 11.0. The van der Waals surface area contributed by atoms with Crippen LogP contribution in [0.15, 0.2) is 54.6 Å². The first-order chi connectivity index (χ1) is 22.8. The lowest BCUT2D eigenvalue weighted by molar-refractivity contribution is 0.0700. The fraction of sp³-hybridized carbons (Fsp3) is 0.378. The van der Waals surface area contributed by atoms with E-state index in [2.05, 4.69) is 50.8 Å². The Labute approximate surface area is 273 Å². The smallest absolute Gasteiger partial charge is 0.321 e. The number of hydrogen-bond acceptors (Lipinski definition) is 5. The van der Waals surface area contributed by atoms with E-state index in [1.807, 2.05) is 37.2 Å². The molecule has 0 spiro atoms. The van der Waals surface area contributed by atoms with Crippen LogP contribution in [0.2, 0.25) is 0 Å². The van der Waals surface area contributed by atoms with Crippen LogP contribution in [-0.4, -0.2) is 68.6 Å². The van der Waals surface area contributed by atoms with Crippen LogP contribution in [0.5, 0.6) is 5.75 Å². The van der Waals surface area contributed by atoms with Gasteiger partial charge in [0.2, 0.25) is 0 Å². The molecule has 4 aliphatic rings. The number of anilines is 1. The molecule has 3 fully saturated rings. The number of aryl methyl sites for hydroxylation is 1. The van der Waals surface area contributed by atoms with Crippen molar-refractivity contribution in [2.75, 3.05) is 26.0 Å². The number of carbonyl (C=O) groups excluding carboxylic acids is 2. The third-order valence-electron chi connectivity index (χ3n) is 11.0. The zero-order chi connectivity index (χ0) is 32.1. The summed E-state index contributed by atoms with van der Waals surface area (Å²) in [5.41, 5.74) is 15.1. The fourth-order valence-corrected chi connectivity index (χ4v) is 8.21. The molecule has 0 radical (unpaired) electrons. The molecule has 2 aliphatic carbocycles. The van der Waals surface area contributed by atoms with Gasteiger partial charge in [-0.1, -0.05) is 18.2 Å². The summed E-state index contributed by atoms with van der Waals surface area (Å²) in [5.74, 6) is 2.53. The highest BCUT2D eigenvalue weighted by atomic mass is 16.5. The lowest BCUT2D eigenvalue weighted by Gasteiger charge is -2.27. The van der Waals surface area contributed by atoms with Crippen molar-refractivity contribution in [3.8, 4) is 28.4 Å². The van der Waals surface area contributed by atoms with Gasteiger partial charge in [-0.25, -0.2) is 9.78 Å². The first kappa shape index (κ1) is 28.4. The molecule has 4 heterocycles. The van der Waals surface area contributed by atoms with Crippen LogP contribution < -0.4 is 15.8 Å². The predicted molar refractivity (Wildman–Crippen MR) is 182 cm³/mol. The van der Waals surface area contributed by atoms with Crippen LogP contribution >= 0.6 is 0 Å². The average Bonchev–Trinajstić information content (AvgIpc) is 3.48. The number of aromatic nitrogens is 3. The Kier molecular flexibility index (Phi) is 6.25. The summed E-state index contributed by atoms with van der Waals surface area (Å²) in [4.78, 5) is 34.7. The van der Waals surface area contributed by atoms with Crippen LogP contribution in [-0.2, 0) is 20.1 Å². The number of fused-ring (bicyclic) bond motifs is 5. The quantitative estimate of drug-likeness (QED) is 0.246. The maximum Gasteiger partial charge on any atom is 0.321 e. The summed E-state index contributed by atoms with van der Waals surface area (Å²) in [7, 11) is 5.49. The number of hydrogen-bond donors (Lipinski definition) is 2. The monoisotopic (exact) mass is 629 g/mol. The van der Waals surface area contributed by atoms with E-state index in [1.165, 1.54) is 18.4 Å². The number of ether oxygens (including phenoxy) is 1. The highest BCUT2D eigenvalue weighted by Crippen LogP contribution is 2.41. The van der Waals surface area contributed by atoms with E-state index in [4.69, 9.17) is 15.5 Å². The highest BCUT2D eigenvalue weighted by Gasteiger charge is 2.47. The molecule has 240 valence electrons. The molecular formula is C37H39N7O3. The molecule has 3 N–H and O–H groups in total. The SMILES string of the molecule is COc1cc(C(=O)N2CC3CCC2[C@@H]3N)cc2nc(-c3cc4ccc(-c5ccc6c(c5)CN(C)C(=O)N6)cc4n3CC3CC3)n(C)c12. The van der Waals surface area contributed by atoms with Crippen molar-refractivity contribution in [1.29, 1.82) is 0 Å². The van der Waals surface area contributed by atoms with Gasteiger partial charge >= 0.3 is 6.03 Å². The van der Waals surface area contributed by atoms with Crippen LogP contribution in [0, 0.1) is 11.8 Å². The molecule has 3 atom stereocenters. The van der Waals surface area contributed by atoms with E-state index in [-0.39, 0.29) is 24.0 Å². The lowest BCUT2D eigenvalue weighted by Crippen LogP contribution is -2.41. The Morgan fingerprint density at radius 3 is 2.57 bits per heavy atom. The summed E-state index contributed by atoms with van der Waals surface area (Å²) < 4.78 is 10.4. The summed E-state index contributed by atoms with van der Waals surface area (Å²) in [5, 5.41) is 4.13. The molecule has 2 saturated carbocycles. The minimum absolute atomic E-state index is 0.00614. The van der Waals surface area contributed by atoms with E-state index < -0.39 is 0 Å². The predicted octanol–water partition coefficient (Wildman–Crippen LogP) is 5.82. The van der Waals surface area contributed by atoms with Crippen molar-refractivity contribution >= 4 is 39.6 Å².